The molecule has 0 radical (unpaired) electrons. The predicted octanol–water partition coefficient (Wildman–Crippen LogP) is 3.74. The summed E-state index contributed by atoms with van der Waals surface area (Å²) in [4.78, 5) is 11.2. The molecule has 4 N–H and O–H groups in total. The number of carboxylic acid groups (broad SMARTS) is 1. The van der Waals surface area contributed by atoms with Gasteiger partial charge in [-0.05, 0) is 49.8 Å². The number of aromatic carboxylic acids is 1. The lowest BCUT2D eigenvalue weighted by Gasteiger charge is -2.30. The van der Waals surface area contributed by atoms with Crippen molar-refractivity contribution in [2.45, 2.75) is 51.5 Å². The lowest BCUT2D eigenvalue weighted by atomic mass is 9.83. The Hall–Kier alpha value is -1.71. The molecule has 0 saturated heterocycles. The third kappa shape index (κ3) is 3.65. The van der Waals surface area contributed by atoms with Crippen molar-refractivity contribution in [1.82, 2.24) is 0 Å². The molecule has 0 spiro atoms. The minimum absolute atomic E-state index is 0.301. The van der Waals surface area contributed by atoms with Crippen LogP contribution in [0.15, 0.2) is 18.2 Å². The average Bonchev–Trinajstić information content (AvgIpc) is 2.41. The summed E-state index contributed by atoms with van der Waals surface area (Å²) in [5, 5.41) is 12.6. The van der Waals surface area contributed by atoms with Gasteiger partial charge in [0.2, 0.25) is 0 Å². The van der Waals surface area contributed by atoms with Gasteiger partial charge < -0.3 is 16.2 Å². The van der Waals surface area contributed by atoms with E-state index >= 15 is 0 Å². The molecule has 1 aromatic rings. The molecular formula is C16H24N2O2. The molecule has 2 rings (SSSR count). The summed E-state index contributed by atoms with van der Waals surface area (Å²) >= 11 is 0. The SMILES string of the molecule is CCCC1CCC(Nc2cc(N)ccc2C(=O)O)CC1. The number of nitrogen functional groups attached to an aromatic ring is 1. The second kappa shape index (κ2) is 6.64. The van der Waals surface area contributed by atoms with Crippen LogP contribution in [0.4, 0.5) is 11.4 Å². The zero-order valence-corrected chi connectivity index (χ0v) is 12.1. The highest BCUT2D eigenvalue weighted by Gasteiger charge is 2.21. The molecule has 0 heterocycles. The summed E-state index contributed by atoms with van der Waals surface area (Å²) in [6.45, 7) is 2.23. The van der Waals surface area contributed by atoms with Crippen LogP contribution in [0.2, 0.25) is 0 Å². The highest BCUT2D eigenvalue weighted by atomic mass is 16.4. The van der Waals surface area contributed by atoms with E-state index in [4.69, 9.17) is 5.73 Å². The smallest absolute Gasteiger partial charge is 0.337 e. The highest BCUT2D eigenvalue weighted by molar-refractivity contribution is 5.95. The third-order valence-corrected chi connectivity index (χ3v) is 4.18. The molecule has 0 unspecified atom stereocenters. The monoisotopic (exact) mass is 276 g/mol. The largest absolute Gasteiger partial charge is 0.478 e. The molecule has 4 nitrogen and oxygen atoms in total. The van der Waals surface area contributed by atoms with Crippen molar-refractivity contribution in [1.29, 1.82) is 0 Å². The number of benzene rings is 1. The topological polar surface area (TPSA) is 75.3 Å². The van der Waals surface area contributed by atoms with E-state index in [2.05, 4.69) is 12.2 Å². The molecule has 0 amide bonds. The Balaban J connectivity index is 2.00. The molecule has 0 atom stereocenters. The van der Waals surface area contributed by atoms with Gasteiger partial charge in [-0.1, -0.05) is 19.8 Å². The van der Waals surface area contributed by atoms with Crippen molar-refractivity contribution in [2.24, 2.45) is 5.92 Å². The molecule has 110 valence electrons. The van der Waals surface area contributed by atoms with Crippen LogP contribution in [0.1, 0.15) is 55.8 Å². The van der Waals surface area contributed by atoms with Crippen LogP contribution < -0.4 is 11.1 Å². The van der Waals surface area contributed by atoms with Crippen LogP contribution in [0.3, 0.4) is 0 Å². The number of anilines is 2. The van der Waals surface area contributed by atoms with Crippen LogP contribution in [0, 0.1) is 5.92 Å². The minimum Gasteiger partial charge on any atom is -0.478 e. The van der Waals surface area contributed by atoms with Gasteiger partial charge in [-0.3, -0.25) is 0 Å². The first-order valence-electron chi connectivity index (χ1n) is 7.49. The maximum atomic E-state index is 11.2. The van der Waals surface area contributed by atoms with Crippen LogP contribution in [-0.4, -0.2) is 17.1 Å². The zero-order chi connectivity index (χ0) is 14.5. The van der Waals surface area contributed by atoms with E-state index < -0.39 is 5.97 Å². The van der Waals surface area contributed by atoms with Gasteiger partial charge in [0.15, 0.2) is 0 Å². The zero-order valence-electron chi connectivity index (χ0n) is 12.1. The van der Waals surface area contributed by atoms with E-state index in [0.29, 0.717) is 23.0 Å². The molecule has 1 saturated carbocycles. The lowest BCUT2D eigenvalue weighted by Crippen LogP contribution is -2.27. The van der Waals surface area contributed by atoms with E-state index in [-0.39, 0.29) is 0 Å². The summed E-state index contributed by atoms with van der Waals surface area (Å²) in [6.07, 6.45) is 7.25. The van der Waals surface area contributed by atoms with Crippen molar-refractivity contribution >= 4 is 17.3 Å². The Kier molecular flexibility index (Phi) is 4.88. The second-order valence-electron chi connectivity index (χ2n) is 5.76. The van der Waals surface area contributed by atoms with Crippen LogP contribution >= 0.6 is 0 Å². The number of nitrogens with one attached hydrogen (secondary N) is 1. The van der Waals surface area contributed by atoms with E-state index in [1.807, 2.05) is 0 Å². The molecule has 1 fully saturated rings. The standard InChI is InChI=1S/C16H24N2O2/c1-2-3-11-4-7-13(8-5-11)18-15-10-12(17)6-9-14(15)16(19)20/h6,9-11,13,18H,2-5,7-8,17H2,1H3,(H,19,20). The first kappa shape index (κ1) is 14.7. The minimum atomic E-state index is -0.910. The molecule has 4 heteroatoms. The fourth-order valence-electron chi connectivity index (χ4n) is 3.09. The quantitative estimate of drug-likeness (QED) is 0.716. The van der Waals surface area contributed by atoms with Gasteiger partial charge in [0.05, 0.1) is 11.3 Å². The first-order chi connectivity index (χ1) is 9.60. The molecule has 1 aliphatic rings. The maximum Gasteiger partial charge on any atom is 0.337 e. The lowest BCUT2D eigenvalue weighted by molar-refractivity contribution is 0.0698. The molecule has 0 aliphatic heterocycles. The number of rotatable bonds is 5. The van der Waals surface area contributed by atoms with E-state index in [0.717, 1.165) is 18.8 Å². The third-order valence-electron chi connectivity index (χ3n) is 4.18. The summed E-state index contributed by atoms with van der Waals surface area (Å²) in [7, 11) is 0. The number of hydrogen-bond donors (Lipinski definition) is 3. The molecule has 1 aromatic carbocycles. The van der Waals surface area contributed by atoms with Crippen molar-refractivity contribution in [3.8, 4) is 0 Å². The van der Waals surface area contributed by atoms with E-state index in [1.54, 1.807) is 18.2 Å². The van der Waals surface area contributed by atoms with Crippen molar-refractivity contribution < 1.29 is 9.90 Å². The summed E-state index contributed by atoms with van der Waals surface area (Å²) in [5.41, 5.74) is 7.31. The highest BCUT2D eigenvalue weighted by Crippen LogP contribution is 2.30. The van der Waals surface area contributed by atoms with Crippen LogP contribution in [0.5, 0.6) is 0 Å². The van der Waals surface area contributed by atoms with Gasteiger partial charge in [0.25, 0.3) is 0 Å². The van der Waals surface area contributed by atoms with Crippen molar-refractivity contribution in [3.05, 3.63) is 23.8 Å². The fourth-order valence-corrected chi connectivity index (χ4v) is 3.09. The molecule has 0 aromatic heterocycles. The summed E-state index contributed by atoms with van der Waals surface area (Å²) in [5.74, 6) is -0.0648. The Bertz CT molecular complexity index is 466. The van der Waals surface area contributed by atoms with E-state index in [1.165, 1.54) is 25.7 Å². The van der Waals surface area contributed by atoms with E-state index in [9.17, 15) is 9.90 Å². The Morgan fingerprint density at radius 3 is 2.65 bits per heavy atom. The number of hydrogen-bond acceptors (Lipinski definition) is 3. The van der Waals surface area contributed by atoms with Crippen LogP contribution in [0.25, 0.3) is 0 Å². The van der Waals surface area contributed by atoms with Crippen LogP contribution in [-0.2, 0) is 0 Å². The Morgan fingerprint density at radius 2 is 2.05 bits per heavy atom. The Labute approximate surface area is 120 Å². The Morgan fingerprint density at radius 1 is 1.35 bits per heavy atom. The number of carbonyl (C=O) groups is 1. The van der Waals surface area contributed by atoms with Gasteiger partial charge in [0, 0.05) is 11.7 Å². The maximum absolute atomic E-state index is 11.2. The predicted molar refractivity (Wildman–Crippen MR) is 82.1 cm³/mol. The van der Waals surface area contributed by atoms with Crippen molar-refractivity contribution in [2.75, 3.05) is 11.1 Å². The average molecular weight is 276 g/mol. The van der Waals surface area contributed by atoms with Gasteiger partial charge in [0.1, 0.15) is 0 Å². The molecule has 0 bridgehead atoms. The first-order valence-corrected chi connectivity index (χ1v) is 7.49. The number of carboxylic acids is 1. The summed E-state index contributed by atoms with van der Waals surface area (Å²) < 4.78 is 0. The van der Waals surface area contributed by atoms with Gasteiger partial charge in [-0.25, -0.2) is 4.79 Å². The normalized spacial score (nSPS) is 22.4. The second-order valence-corrected chi connectivity index (χ2v) is 5.76. The van der Waals surface area contributed by atoms with Gasteiger partial charge >= 0.3 is 5.97 Å². The number of nitrogens with two attached hydrogens (primary N) is 1. The molecular weight excluding hydrogens is 252 g/mol. The molecule has 1 aliphatic carbocycles. The van der Waals surface area contributed by atoms with Crippen molar-refractivity contribution in [3.63, 3.8) is 0 Å². The van der Waals surface area contributed by atoms with Gasteiger partial charge in [-0.2, -0.15) is 0 Å². The molecule has 20 heavy (non-hydrogen) atoms. The summed E-state index contributed by atoms with van der Waals surface area (Å²) in [6, 6.07) is 5.29. The van der Waals surface area contributed by atoms with Gasteiger partial charge in [-0.15, -0.1) is 0 Å². The fraction of sp³-hybridized carbons (Fsp3) is 0.562.